The standard InChI is InChI=1S/4C31H18N4/c1-2-5-20-17(4-1)14-18-7-8-19-15-24-22(28(19)27(18)20)10-9-21-23-6-3-12-33-30(23)35-26-16-32-13-11-25(26)34-31(35)29(21)24;1-2-5-20-17(4-1)12-18-13-19-14-26-21(25(19)15-24(18)20)7-8-22-23-6-3-10-33-30(23)35-28-16-32-11-9-27(28)34-31(35)29(22)26;1-2-5-20-17(4-1)12-18-7-8-21-23-15-24-22-6-3-10-33-30(22)35-28-16-32-11-9-27(28)34-31(35)26(24)14-19(23)13-25(21)29(18)20;1-2-5-21-17(4-1)10-18-13-24-19(12-23(18)21)11-20-14-27-26(15-25(20)24)22-6-3-8-33-30(22)35-29-16-32-9-7-28(29)34-31(27)35/h1-13,16H,14-15H2;1-11,13,15-16H,12,14H2;1-11,14-16H,12-13H2;1-9,12-16H,10-11H2. The smallest absolute Gasteiger partial charge is 0.147 e. The van der Waals surface area contributed by atoms with Gasteiger partial charge in [-0.3, -0.25) is 37.5 Å². The number of rotatable bonds is 0. The summed E-state index contributed by atoms with van der Waals surface area (Å²) in [6.07, 6.45) is 30.1. The zero-order valence-electron chi connectivity index (χ0n) is 75.1. The lowest BCUT2D eigenvalue weighted by atomic mass is 9.93. The molecule has 16 heterocycles. The summed E-state index contributed by atoms with van der Waals surface area (Å²) in [7, 11) is 0. The average Bonchev–Trinajstić information content (AvgIpc) is 1.55. The van der Waals surface area contributed by atoms with Crippen molar-refractivity contribution in [3.63, 3.8) is 0 Å². The van der Waals surface area contributed by atoms with Crippen molar-refractivity contribution in [3.05, 3.63) is 430 Å². The molecular formula is C124H72N16. The summed E-state index contributed by atoms with van der Waals surface area (Å²) in [5, 5.41) is 14.2. The Balaban J connectivity index is 0.0000000829. The molecule has 8 aliphatic rings. The van der Waals surface area contributed by atoms with Crippen LogP contribution >= 0.6 is 0 Å². The lowest BCUT2D eigenvalue weighted by molar-refractivity contribution is 1.21. The van der Waals surface area contributed by atoms with E-state index in [1.807, 2.05) is 110 Å². The molecule has 0 saturated heterocycles. The Hall–Kier alpha value is -18.3. The molecule has 28 aromatic rings. The van der Waals surface area contributed by atoms with E-state index in [0.717, 1.165) is 162 Å². The third-order valence-electron chi connectivity index (χ3n) is 31.8. The summed E-state index contributed by atoms with van der Waals surface area (Å²) in [6, 6.07) is 97.9. The third-order valence-corrected chi connectivity index (χ3v) is 31.8. The van der Waals surface area contributed by atoms with Gasteiger partial charge in [0, 0.05) is 92.7 Å². The molecule has 16 aromatic heterocycles. The molecule has 0 atom stereocenters. The van der Waals surface area contributed by atoms with E-state index >= 15 is 0 Å². The molecule has 140 heavy (non-hydrogen) atoms. The third kappa shape index (κ3) is 10.3. The normalized spacial score (nSPS) is 13.5. The van der Waals surface area contributed by atoms with Crippen LogP contribution in [-0.4, -0.2) is 77.4 Å². The van der Waals surface area contributed by atoms with Crippen LogP contribution in [0.15, 0.2) is 341 Å². The van der Waals surface area contributed by atoms with Crippen LogP contribution in [0.5, 0.6) is 0 Å². The first kappa shape index (κ1) is 75.1. The molecular weight excluding hydrogens is 1710 g/mol. The minimum absolute atomic E-state index is 0.917. The van der Waals surface area contributed by atoms with Gasteiger partial charge in [-0.05, 0) is 366 Å². The van der Waals surface area contributed by atoms with Crippen LogP contribution in [-0.2, 0) is 51.4 Å². The maximum Gasteiger partial charge on any atom is 0.147 e. The monoisotopic (exact) mass is 1780 g/mol. The molecule has 0 radical (unpaired) electrons. The van der Waals surface area contributed by atoms with Gasteiger partial charge in [-0.25, -0.2) is 39.9 Å². The minimum Gasteiger partial charge on any atom is -0.274 e. The number of nitrogens with zero attached hydrogens (tertiary/aromatic N) is 16. The Labute approximate surface area is 796 Å². The van der Waals surface area contributed by atoms with Crippen molar-refractivity contribution >= 4 is 154 Å². The fourth-order valence-electron chi connectivity index (χ4n) is 25.9. The van der Waals surface area contributed by atoms with E-state index < -0.39 is 0 Å². The molecule has 12 aromatic carbocycles. The first-order valence-electron chi connectivity index (χ1n) is 48.2. The molecule has 0 N–H and O–H groups in total. The molecule has 0 spiro atoms. The largest absolute Gasteiger partial charge is 0.274 e. The second kappa shape index (κ2) is 27.7. The van der Waals surface area contributed by atoms with E-state index in [1.165, 1.54) is 221 Å². The Morgan fingerprint density at radius 1 is 0.171 bits per heavy atom. The first-order valence-corrected chi connectivity index (χ1v) is 48.2. The van der Waals surface area contributed by atoms with E-state index in [4.69, 9.17) is 39.9 Å². The molecule has 0 aliphatic heterocycles. The Kier molecular flexibility index (Phi) is 14.9. The molecule has 0 saturated carbocycles. The van der Waals surface area contributed by atoms with Crippen LogP contribution in [0.4, 0.5) is 0 Å². The highest BCUT2D eigenvalue weighted by Crippen LogP contribution is 2.56. The zero-order valence-corrected chi connectivity index (χ0v) is 75.1. The zero-order chi connectivity index (χ0) is 90.7. The van der Waals surface area contributed by atoms with Gasteiger partial charge >= 0.3 is 0 Å². The van der Waals surface area contributed by atoms with Gasteiger partial charge in [0.15, 0.2) is 0 Å². The molecule has 648 valence electrons. The first-order chi connectivity index (χ1) is 69.4. The molecule has 0 amide bonds. The number of aromatic nitrogens is 16. The lowest BCUT2D eigenvalue weighted by Gasteiger charge is -2.13. The van der Waals surface area contributed by atoms with Gasteiger partial charge in [-0.1, -0.05) is 152 Å². The number of pyridine rings is 12. The van der Waals surface area contributed by atoms with Crippen molar-refractivity contribution in [2.24, 2.45) is 0 Å². The van der Waals surface area contributed by atoms with Gasteiger partial charge < -0.3 is 0 Å². The highest BCUT2D eigenvalue weighted by atomic mass is 15.1. The van der Waals surface area contributed by atoms with Crippen LogP contribution in [0.2, 0.25) is 0 Å². The maximum absolute atomic E-state index is 5.13. The molecule has 16 heteroatoms. The summed E-state index contributed by atoms with van der Waals surface area (Å²) < 4.78 is 8.73. The van der Waals surface area contributed by atoms with E-state index in [1.54, 1.807) is 12.4 Å². The number of hydrogen-bond donors (Lipinski definition) is 0. The SMILES string of the molecule is c1ccc2c(c1)Cc1cc3c(cc1-2)-c1ccc2c4cccnc4n4c5cnccc5nc4c2c1C3.c1ccc2c(c1)Cc1cc3c(cc1-2)Cc1cc2c(cc1-3)c1cccnc1n1c3cnccc3nc21.c1ccc2c(c1)Cc1ccc3c(c1-2)-c1ccc2c4cccnc4n4c5cnccc5nc4c2c1C3.c1ccc2c(c1)Cc1ccc3c(c1-2)Cc1cc2c(cc1-3)c1cccnc1n1c3cnccc3nc21. The number of imidazole rings is 4. The van der Waals surface area contributed by atoms with Crippen molar-refractivity contribution in [1.29, 1.82) is 0 Å². The van der Waals surface area contributed by atoms with E-state index in [0.29, 0.717) is 0 Å². The van der Waals surface area contributed by atoms with Gasteiger partial charge in [0.2, 0.25) is 0 Å². The van der Waals surface area contributed by atoms with Crippen LogP contribution in [0.1, 0.15) is 89.0 Å². The van der Waals surface area contributed by atoms with Crippen LogP contribution in [0.25, 0.3) is 243 Å². The van der Waals surface area contributed by atoms with Gasteiger partial charge in [-0.15, -0.1) is 0 Å². The van der Waals surface area contributed by atoms with E-state index in [2.05, 4.69) is 256 Å². The van der Waals surface area contributed by atoms with E-state index in [9.17, 15) is 0 Å². The second-order valence-corrected chi connectivity index (χ2v) is 38.8. The van der Waals surface area contributed by atoms with Gasteiger partial charge in [0.05, 0.1) is 68.9 Å². The minimum atomic E-state index is 0.917. The molecule has 36 rings (SSSR count). The van der Waals surface area contributed by atoms with Crippen molar-refractivity contribution in [2.75, 3.05) is 0 Å². The summed E-state index contributed by atoms with van der Waals surface area (Å²) in [6.45, 7) is 0. The highest BCUT2D eigenvalue weighted by Gasteiger charge is 2.36. The molecule has 8 aliphatic carbocycles. The van der Waals surface area contributed by atoms with E-state index in [-0.39, 0.29) is 0 Å². The van der Waals surface area contributed by atoms with Crippen LogP contribution in [0, 0.1) is 0 Å². The number of fused-ring (bicyclic) bond motifs is 60. The summed E-state index contributed by atoms with van der Waals surface area (Å²) in [4.78, 5) is 57.0. The highest BCUT2D eigenvalue weighted by molar-refractivity contribution is 6.21. The maximum atomic E-state index is 5.13. The predicted molar refractivity (Wildman–Crippen MR) is 559 cm³/mol. The molecule has 0 bridgehead atoms. The van der Waals surface area contributed by atoms with Crippen molar-refractivity contribution in [3.8, 4) is 89.0 Å². The fraction of sp³-hybridized carbons (Fsp3) is 0.0645. The molecule has 16 nitrogen and oxygen atoms in total. The van der Waals surface area contributed by atoms with Crippen molar-refractivity contribution < 1.29 is 0 Å². The Morgan fingerprint density at radius 2 is 0.493 bits per heavy atom. The average molecular weight is 1790 g/mol. The Morgan fingerprint density at radius 3 is 1.01 bits per heavy atom. The lowest BCUT2D eigenvalue weighted by Crippen LogP contribution is -1.96. The van der Waals surface area contributed by atoms with Gasteiger partial charge in [0.1, 0.15) is 45.2 Å². The molecule has 0 fully saturated rings. The van der Waals surface area contributed by atoms with Crippen molar-refractivity contribution in [1.82, 2.24) is 77.4 Å². The van der Waals surface area contributed by atoms with Crippen LogP contribution < -0.4 is 0 Å². The number of hydrogen-bond acceptors (Lipinski definition) is 12. The molecule has 0 unspecified atom stereocenters. The van der Waals surface area contributed by atoms with Crippen LogP contribution in [0.3, 0.4) is 0 Å². The number of benzene rings is 12. The van der Waals surface area contributed by atoms with Gasteiger partial charge in [0.25, 0.3) is 0 Å². The topological polar surface area (TPSA) is 172 Å². The predicted octanol–water partition coefficient (Wildman–Crippen LogP) is 26.9. The summed E-state index contributed by atoms with van der Waals surface area (Å²) >= 11 is 0. The Bertz CT molecular complexity index is 10700. The van der Waals surface area contributed by atoms with Crippen molar-refractivity contribution in [2.45, 2.75) is 51.4 Å². The van der Waals surface area contributed by atoms with Gasteiger partial charge in [-0.2, -0.15) is 0 Å². The summed E-state index contributed by atoms with van der Waals surface area (Å²) in [5.74, 6) is 0. The fourth-order valence-corrected chi connectivity index (χ4v) is 25.9. The second-order valence-electron chi connectivity index (χ2n) is 38.8. The quantitative estimate of drug-likeness (QED) is 0.132. The summed E-state index contributed by atoms with van der Waals surface area (Å²) in [5.41, 5.74) is 60.1.